The zero-order valence-electron chi connectivity index (χ0n) is 31.7. The van der Waals surface area contributed by atoms with Gasteiger partial charge >= 0.3 is 0 Å². The molecule has 8 heteroatoms. The zero-order chi connectivity index (χ0) is 38.2. The number of methoxy groups -OCH3 is 4. The van der Waals surface area contributed by atoms with Gasteiger partial charge in [0, 0.05) is 38.7 Å². The van der Waals surface area contributed by atoms with Crippen LogP contribution in [0.2, 0.25) is 0 Å². The van der Waals surface area contributed by atoms with Gasteiger partial charge in [-0.15, -0.1) is 0 Å². The van der Waals surface area contributed by atoms with Crippen molar-refractivity contribution >= 4 is 39.4 Å². The number of nitrogens with one attached hydrogen (secondary N) is 1. The number of aromatic amines is 1. The van der Waals surface area contributed by atoms with Gasteiger partial charge in [-0.1, -0.05) is 48.5 Å². The van der Waals surface area contributed by atoms with Crippen LogP contribution in [0.15, 0.2) is 160 Å². The van der Waals surface area contributed by atoms with Gasteiger partial charge in [-0.3, -0.25) is 4.99 Å². The summed E-state index contributed by atoms with van der Waals surface area (Å²) in [5, 5.41) is 1.85. The highest BCUT2D eigenvalue weighted by molar-refractivity contribution is 6.33. The van der Waals surface area contributed by atoms with E-state index >= 15 is 0 Å². The first-order chi connectivity index (χ1) is 27.5. The number of H-pyrrole nitrogens is 1. The van der Waals surface area contributed by atoms with Crippen LogP contribution in [0.1, 0.15) is 35.1 Å². The van der Waals surface area contributed by atoms with Gasteiger partial charge in [0.15, 0.2) is 0 Å². The first-order valence-corrected chi connectivity index (χ1v) is 18.6. The van der Waals surface area contributed by atoms with Crippen molar-refractivity contribution in [2.75, 3.05) is 28.4 Å². The highest BCUT2D eigenvalue weighted by Crippen LogP contribution is 2.39. The number of allylic oxidation sites excluding steroid dienone is 5. The summed E-state index contributed by atoms with van der Waals surface area (Å²) >= 11 is 0. The fraction of sp³-hybridized carbons (Fsp3) is 0.146. The normalized spacial score (nSPS) is 17.3. The Bertz CT molecular complexity index is 2690. The first-order valence-electron chi connectivity index (χ1n) is 18.6. The van der Waals surface area contributed by atoms with E-state index in [0.29, 0.717) is 0 Å². The molecule has 0 radical (unpaired) electrons. The largest absolute Gasteiger partial charge is 0.497 e. The third-order valence-corrected chi connectivity index (χ3v) is 10.7. The summed E-state index contributed by atoms with van der Waals surface area (Å²) in [5.74, 6) is 3.16. The Morgan fingerprint density at radius 3 is 1.34 bits per heavy atom. The van der Waals surface area contributed by atoms with E-state index in [4.69, 9.17) is 33.9 Å². The van der Waals surface area contributed by atoms with Crippen LogP contribution < -0.4 is 29.6 Å². The second kappa shape index (κ2) is 14.7. The van der Waals surface area contributed by atoms with Gasteiger partial charge in [-0.2, -0.15) is 0 Å². The van der Waals surface area contributed by atoms with E-state index < -0.39 is 0 Å². The number of aromatic nitrogens is 1. The second-order valence-corrected chi connectivity index (χ2v) is 13.8. The molecule has 56 heavy (non-hydrogen) atoms. The van der Waals surface area contributed by atoms with E-state index in [9.17, 15) is 0 Å². The molecule has 4 aliphatic heterocycles. The van der Waals surface area contributed by atoms with Crippen molar-refractivity contribution in [2.45, 2.75) is 18.9 Å². The topological polar surface area (TPSA) is 89.8 Å². The van der Waals surface area contributed by atoms with Crippen LogP contribution in [0.5, 0.6) is 23.0 Å². The van der Waals surface area contributed by atoms with Gasteiger partial charge in [0.25, 0.3) is 0 Å². The highest BCUT2D eigenvalue weighted by atomic mass is 16.5. The lowest BCUT2D eigenvalue weighted by Gasteiger charge is -2.16. The van der Waals surface area contributed by atoms with Crippen LogP contribution in [0.25, 0.3) is 22.3 Å². The lowest BCUT2D eigenvalue weighted by Crippen LogP contribution is -2.21. The smallest absolute Gasteiger partial charge is 0.118 e. The minimum Gasteiger partial charge on any atom is -0.497 e. The number of fused-ring (bicyclic) bond motifs is 5. The lowest BCUT2D eigenvalue weighted by molar-refractivity contribution is 0.414. The standard InChI is InChI=1S/C48H40N4O4/c1-53-33-13-5-29(6-14-33)45-37-21-23-39(49-37)46(30-7-15-34(54-2)16-8-30)41-25-27-43(51-41)48(32-11-19-36(56-4)20-12-32)44-28-26-42(52-44)47(40-24-22-38(45)50-40)31-9-17-35(55-3)18-10-31/h5-25,27,42,49H,26,28H2,1-4H3. The summed E-state index contributed by atoms with van der Waals surface area (Å²) in [6, 6.07) is 36.8. The Morgan fingerprint density at radius 2 is 0.875 bits per heavy atom. The average molecular weight is 737 g/mol. The number of aliphatic imine (C=N–C) groups is 3. The number of ether oxygens (including phenoxy) is 4. The summed E-state index contributed by atoms with van der Waals surface area (Å²) in [5.41, 5.74) is 12.6. The number of benzene rings is 4. The van der Waals surface area contributed by atoms with Crippen LogP contribution in [-0.4, -0.2) is 56.6 Å². The number of rotatable bonds is 8. The average Bonchev–Trinajstić information content (AvgIpc) is 4.10. The molecule has 8 nitrogen and oxygen atoms in total. The molecule has 0 fully saturated rings. The third-order valence-electron chi connectivity index (χ3n) is 10.7. The maximum absolute atomic E-state index is 5.54. The summed E-state index contributed by atoms with van der Waals surface area (Å²) in [6.45, 7) is 0. The van der Waals surface area contributed by atoms with Crippen molar-refractivity contribution in [1.29, 1.82) is 0 Å². The Morgan fingerprint density at radius 1 is 0.464 bits per heavy atom. The van der Waals surface area contributed by atoms with Crippen molar-refractivity contribution < 1.29 is 18.9 Å². The molecule has 4 aliphatic rings. The molecule has 276 valence electrons. The Hall–Kier alpha value is -6.93. The van der Waals surface area contributed by atoms with Crippen molar-refractivity contribution in [2.24, 2.45) is 15.0 Å². The molecule has 1 aromatic heterocycles. The van der Waals surface area contributed by atoms with Crippen molar-refractivity contribution in [3.8, 4) is 23.0 Å². The van der Waals surface area contributed by atoms with E-state index in [1.165, 1.54) is 0 Å². The lowest BCUT2D eigenvalue weighted by atomic mass is 9.93. The SMILES string of the molecule is COc1ccc(C2=C3C=CC(=N3)C(c3ccc(OC)cc3)=c3ccc([nH]3)=C(c3ccc(OC)cc3)C3=NC(=C(c4ccc(OC)cc4)C4CCC2=N4)C=C3)cc1. The van der Waals surface area contributed by atoms with Crippen molar-refractivity contribution in [3.63, 3.8) is 0 Å². The van der Waals surface area contributed by atoms with E-state index in [0.717, 1.165) is 120 Å². The Balaban J connectivity index is 1.37. The molecule has 8 bridgehead atoms. The van der Waals surface area contributed by atoms with Crippen LogP contribution >= 0.6 is 0 Å². The molecule has 4 aromatic carbocycles. The molecule has 0 spiro atoms. The summed E-state index contributed by atoms with van der Waals surface area (Å²) in [7, 11) is 6.74. The zero-order valence-corrected chi connectivity index (χ0v) is 31.7. The van der Waals surface area contributed by atoms with Crippen molar-refractivity contribution in [3.05, 3.63) is 178 Å². The molecule has 5 heterocycles. The fourth-order valence-corrected chi connectivity index (χ4v) is 7.87. The first kappa shape index (κ1) is 34.8. The Labute approximate surface area is 325 Å². The number of hydrogen-bond acceptors (Lipinski definition) is 7. The minimum atomic E-state index is -0.139. The van der Waals surface area contributed by atoms with E-state index in [1.54, 1.807) is 28.4 Å². The minimum absolute atomic E-state index is 0.139. The predicted octanol–water partition coefficient (Wildman–Crippen LogP) is 7.91. The van der Waals surface area contributed by atoms with Crippen LogP contribution in [0.4, 0.5) is 0 Å². The molecule has 1 unspecified atom stereocenters. The maximum Gasteiger partial charge on any atom is 0.118 e. The molecular formula is C48H40N4O4. The van der Waals surface area contributed by atoms with Crippen LogP contribution in [0.3, 0.4) is 0 Å². The predicted molar refractivity (Wildman–Crippen MR) is 224 cm³/mol. The second-order valence-electron chi connectivity index (χ2n) is 13.8. The molecule has 5 aromatic rings. The molecule has 9 rings (SSSR count). The monoisotopic (exact) mass is 736 g/mol. The molecule has 1 atom stereocenters. The summed E-state index contributed by atoms with van der Waals surface area (Å²) in [4.78, 5) is 20.2. The Kier molecular flexibility index (Phi) is 9.15. The van der Waals surface area contributed by atoms with E-state index in [1.807, 2.05) is 48.5 Å². The number of hydrogen-bond donors (Lipinski definition) is 1. The fourth-order valence-electron chi connectivity index (χ4n) is 7.87. The quantitative estimate of drug-likeness (QED) is 0.176. The maximum atomic E-state index is 5.54. The van der Waals surface area contributed by atoms with Gasteiger partial charge in [0.1, 0.15) is 23.0 Å². The van der Waals surface area contributed by atoms with Gasteiger partial charge in [-0.25, -0.2) is 9.98 Å². The molecule has 1 N–H and O–H groups in total. The summed E-state index contributed by atoms with van der Waals surface area (Å²) in [6.07, 6.45) is 10.1. The van der Waals surface area contributed by atoms with Gasteiger partial charge in [0.05, 0.1) is 57.3 Å². The number of nitrogens with zero attached hydrogens (tertiary/aromatic N) is 3. The molecule has 0 saturated heterocycles. The molecule has 0 amide bonds. The van der Waals surface area contributed by atoms with Crippen molar-refractivity contribution in [1.82, 2.24) is 4.98 Å². The highest BCUT2D eigenvalue weighted by Gasteiger charge is 2.30. The molecule has 0 aliphatic carbocycles. The van der Waals surface area contributed by atoms with Gasteiger partial charge in [0.2, 0.25) is 0 Å². The van der Waals surface area contributed by atoms with Crippen LogP contribution in [-0.2, 0) is 0 Å². The van der Waals surface area contributed by atoms with Gasteiger partial charge in [-0.05, 0) is 120 Å². The molecule has 0 saturated carbocycles. The molecular weight excluding hydrogens is 697 g/mol. The third kappa shape index (κ3) is 6.39. The summed E-state index contributed by atoms with van der Waals surface area (Å²) < 4.78 is 22.2. The van der Waals surface area contributed by atoms with E-state index in [2.05, 4.69) is 90.0 Å². The van der Waals surface area contributed by atoms with Gasteiger partial charge < -0.3 is 23.9 Å². The van der Waals surface area contributed by atoms with E-state index in [-0.39, 0.29) is 6.04 Å². The van der Waals surface area contributed by atoms with Crippen LogP contribution in [0, 0.1) is 0 Å².